The Balaban J connectivity index is 2.92. The zero-order chi connectivity index (χ0) is 16.0. The summed E-state index contributed by atoms with van der Waals surface area (Å²) in [6.45, 7) is 7.30. The number of hydrogen-bond donors (Lipinski definition) is 2. The molecule has 0 saturated heterocycles. The second-order valence-corrected chi connectivity index (χ2v) is 4.60. The normalized spacial score (nSPS) is 10.0. The number of nitrogens with two attached hydrogens (primary N) is 2. The fraction of sp³-hybridized carbons (Fsp3) is 0.333. The Labute approximate surface area is 123 Å². The van der Waals surface area contributed by atoms with E-state index in [1.54, 1.807) is 0 Å². The summed E-state index contributed by atoms with van der Waals surface area (Å²) in [4.78, 5) is 23.3. The van der Waals surface area contributed by atoms with Crippen LogP contribution in [0.1, 0.15) is 37.0 Å². The lowest BCUT2D eigenvalue weighted by atomic mass is 10.1. The van der Waals surface area contributed by atoms with Crippen molar-refractivity contribution in [2.45, 2.75) is 26.7 Å². The van der Waals surface area contributed by atoms with Gasteiger partial charge in [-0.25, -0.2) is 9.59 Å². The molecule has 0 aliphatic carbocycles. The van der Waals surface area contributed by atoms with Crippen LogP contribution in [-0.2, 0) is 9.53 Å². The topological polar surface area (TPSA) is 105 Å². The number of anilines is 2. The molecule has 6 heteroatoms. The average Bonchev–Trinajstić information content (AvgIpc) is 2.44. The van der Waals surface area contributed by atoms with Crippen molar-refractivity contribution < 1.29 is 19.1 Å². The number of ether oxygens (including phenoxy) is 2. The average molecular weight is 292 g/mol. The highest BCUT2D eigenvalue weighted by atomic mass is 16.5. The van der Waals surface area contributed by atoms with Crippen LogP contribution in [0.3, 0.4) is 0 Å². The molecule has 1 aromatic rings. The molecule has 4 N–H and O–H groups in total. The monoisotopic (exact) mass is 292 g/mol. The summed E-state index contributed by atoms with van der Waals surface area (Å²) in [5.41, 5.74) is 12.0. The lowest BCUT2D eigenvalue weighted by molar-refractivity contribution is -0.130. The standard InChI is InChI=1S/C15H20N2O4/c1-4-5-8-20-15(19)10-6-7-11(13(17)12(10)16)21-14(18)9(2)3/h6-7H,2,4-5,8,16-17H2,1,3H3. The highest BCUT2D eigenvalue weighted by Crippen LogP contribution is 2.31. The van der Waals surface area contributed by atoms with Gasteiger partial charge in [-0.3, -0.25) is 0 Å². The van der Waals surface area contributed by atoms with Crippen molar-refractivity contribution in [3.63, 3.8) is 0 Å². The predicted octanol–water partition coefficient (Wildman–Crippen LogP) is 2.29. The van der Waals surface area contributed by atoms with Crippen LogP contribution in [0.2, 0.25) is 0 Å². The first-order valence-corrected chi connectivity index (χ1v) is 6.61. The molecular formula is C15H20N2O4. The van der Waals surface area contributed by atoms with Crippen molar-refractivity contribution in [3.8, 4) is 5.75 Å². The zero-order valence-electron chi connectivity index (χ0n) is 12.3. The van der Waals surface area contributed by atoms with Gasteiger partial charge in [0, 0.05) is 5.57 Å². The van der Waals surface area contributed by atoms with Crippen LogP contribution in [-0.4, -0.2) is 18.5 Å². The van der Waals surface area contributed by atoms with Gasteiger partial charge in [-0.05, 0) is 25.5 Å². The SMILES string of the molecule is C=C(C)C(=O)Oc1ccc(C(=O)OCCCC)c(N)c1N. The van der Waals surface area contributed by atoms with E-state index in [2.05, 4.69) is 6.58 Å². The predicted molar refractivity (Wildman–Crippen MR) is 80.9 cm³/mol. The van der Waals surface area contributed by atoms with E-state index in [0.717, 1.165) is 12.8 Å². The number of unbranched alkanes of at least 4 members (excludes halogenated alkanes) is 1. The summed E-state index contributed by atoms with van der Waals surface area (Å²) in [6.07, 6.45) is 1.69. The molecule has 0 aromatic heterocycles. The van der Waals surface area contributed by atoms with Gasteiger partial charge in [-0.1, -0.05) is 19.9 Å². The highest BCUT2D eigenvalue weighted by Gasteiger charge is 2.18. The van der Waals surface area contributed by atoms with Gasteiger partial charge in [0.2, 0.25) is 0 Å². The van der Waals surface area contributed by atoms with E-state index in [4.69, 9.17) is 20.9 Å². The molecule has 1 rings (SSSR count). The molecule has 0 heterocycles. The third kappa shape index (κ3) is 4.24. The number of hydrogen-bond acceptors (Lipinski definition) is 6. The first-order valence-electron chi connectivity index (χ1n) is 6.61. The summed E-state index contributed by atoms with van der Waals surface area (Å²) in [6, 6.07) is 2.82. The highest BCUT2D eigenvalue weighted by molar-refractivity contribution is 6.00. The van der Waals surface area contributed by atoms with E-state index < -0.39 is 11.9 Å². The molecule has 1 aromatic carbocycles. The molecule has 0 amide bonds. The van der Waals surface area contributed by atoms with Crippen LogP contribution in [0.15, 0.2) is 24.3 Å². The van der Waals surface area contributed by atoms with Crippen molar-refractivity contribution in [1.29, 1.82) is 0 Å². The Morgan fingerprint density at radius 3 is 2.48 bits per heavy atom. The van der Waals surface area contributed by atoms with Crippen LogP contribution < -0.4 is 16.2 Å². The van der Waals surface area contributed by atoms with E-state index in [9.17, 15) is 9.59 Å². The molecule has 0 spiro atoms. The minimum Gasteiger partial charge on any atom is -0.462 e. The van der Waals surface area contributed by atoms with Crippen molar-refractivity contribution in [1.82, 2.24) is 0 Å². The molecule has 0 unspecified atom stereocenters. The van der Waals surface area contributed by atoms with E-state index >= 15 is 0 Å². The number of carbonyl (C=O) groups excluding carboxylic acids is 2. The van der Waals surface area contributed by atoms with E-state index in [1.165, 1.54) is 19.1 Å². The van der Waals surface area contributed by atoms with E-state index in [0.29, 0.717) is 6.61 Å². The van der Waals surface area contributed by atoms with Crippen LogP contribution in [0.25, 0.3) is 0 Å². The van der Waals surface area contributed by atoms with Crippen LogP contribution in [0, 0.1) is 0 Å². The summed E-state index contributed by atoms with van der Waals surface area (Å²) in [5.74, 6) is -1.07. The summed E-state index contributed by atoms with van der Waals surface area (Å²) in [5, 5.41) is 0. The summed E-state index contributed by atoms with van der Waals surface area (Å²) < 4.78 is 10.1. The molecule has 0 fully saturated rings. The summed E-state index contributed by atoms with van der Waals surface area (Å²) >= 11 is 0. The van der Waals surface area contributed by atoms with Crippen LogP contribution >= 0.6 is 0 Å². The number of rotatable bonds is 6. The maximum atomic E-state index is 11.9. The van der Waals surface area contributed by atoms with Crippen molar-refractivity contribution in [3.05, 3.63) is 29.8 Å². The van der Waals surface area contributed by atoms with Crippen molar-refractivity contribution >= 4 is 23.3 Å². The minimum absolute atomic E-state index is 0.0227. The molecule has 0 atom stereocenters. The number of benzene rings is 1. The van der Waals surface area contributed by atoms with Gasteiger partial charge in [0.05, 0.1) is 23.5 Å². The molecule has 0 saturated carbocycles. The second kappa shape index (κ2) is 7.33. The lowest BCUT2D eigenvalue weighted by Crippen LogP contribution is -2.14. The zero-order valence-corrected chi connectivity index (χ0v) is 12.3. The first kappa shape index (κ1) is 16.6. The van der Waals surface area contributed by atoms with Crippen LogP contribution in [0.4, 0.5) is 11.4 Å². The number of esters is 2. The first-order chi connectivity index (χ1) is 9.88. The smallest absolute Gasteiger partial charge is 0.340 e. The third-order valence-corrected chi connectivity index (χ3v) is 2.75. The minimum atomic E-state index is -0.612. The van der Waals surface area contributed by atoms with Crippen molar-refractivity contribution in [2.75, 3.05) is 18.1 Å². The van der Waals surface area contributed by atoms with Gasteiger partial charge in [-0.2, -0.15) is 0 Å². The molecule has 6 nitrogen and oxygen atoms in total. The van der Waals surface area contributed by atoms with Gasteiger partial charge in [0.25, 0.3) is 0 Å². The quantitative estimate of drug-likeness (QED) is 0.274. The van der Waals surface area contributed by atoms with Crippen LogP contribution in [0.5, 0.6) is 5.75 Å². The molecule has 21 heavy (non-hydrogen) atoms. The Morgan fingerprint density at radius 1 is 1.24 bits per heavy atom. The van der Waals surface area contributed by atoms with Gasteiger partial charge in [-0.15, -0.1) is 0 Å². The Kier molecular flexibility index (Phi) is 5.78. The Bertz CT molecular complexity index is 567. The van der Waals surface area contributed by atoms with E-state index in [-0.39, 0.29) is 28.3 Å². The Hall–Kier alpha value is -2.50. The molecule has 0 radical (unpaired) electrons. The largest absolute Gasteiger partial charge is 0.462 e. The fourth-order valence-electron chi connectivity index (χ4n) is 1.46. The molecule has 0 bridgehead atoms. The number of carbonyl (C=O) groups is 2. The Morgan fingerprint density at radius 2 is 1.90 bits per heavy atom. The molecular weight excluding hydrogens is 272 g/mol. The maximum Gasteiger partial charge on any atom is 0.340 e. The maximum absolute atomic E-state index is 11.9. The summed E-state index contributed by atoms with van der Waals surface area (Å²) in [7, 11) is 0. The fourth-order valence-corrected chi connectivity index (χ4v) is 1.46. The third-order valence-electron chi connectivity index (χ3n) is 2.75. The molecule has 0 aliphatic heterocycles. The number of nitrogen functional groups attached to an aromatic ring is 2. The van der Waals surface area contributed by atoms with Gasteiger partial charge in [0.1, 0.15) is 0 Å². The lowest BCUT2D eigenvalue weighted by Gasteiger charge is -2.12. The molecule has 114 valence electrons. The van der Waals surface area contributed by atoms with Crippen molar-refractivity contribution in [2.24, 2.45) is 0 Å². The van der Waals surface area contributed by atoms with Gasteiger partial charge < -0.3 is 20.9 Å². The molecule has 0 aliphatic rings. The van der Waals surface area contributed by atoms with Gasteiger partial charge in [0.15, 0.2) is 5.75 Å². The second-order valence-electron chi connectivity index (χ2n) is 4.60. The van der Waals surface area contributed by atoms with E-state index in [1.807, 2.05) is 6.92 Å². The van der Waals surface area contributed by atoms with Gasteiger partial charge >= 0.3 is 11.9 Å².